The van der Waals surface area contributed by atoms with Gasteiger partial charge in [0, 0.05) is 25.2 Å². The van der Waals surface area contributed by atoms with E-state index >= 15 is 0 Å². The minimum Gasteiger partial charge on any atom is -0.462 e. The van der Waals surface area contributed by atoms with E-state index < -0.39 is 0 Å². The summed E-state index contributed by atoms with van der Waals surface area (Å²) in [7, 11) is 0. The molecule has 3 nitrogen and oxygen atoms in total. The first-order valence-electron chi connectivity index (χ1n) is 10.5. The predicted octanol–water partition coefficient (Wildman–Crippen LogP) is 4.78. The highest BCUT2D eigenvalue weighted by Gasteiger charge is 2.62. The van der Waals surface area contributed by atoms with Crippen molar-refractivity contribution < 1.29 is 14.3 Å². The Morgan fingerprint density at radius 3 is 2.52 bits per heavy atom. The van der Waals surface area contributed by atoms with E-state index in [-0.39, 0.29) is 17.5 Å². The van der Waals surface area contributed by atoms with Crippen molar-refractivity contribution in [3.8, 4) is 0 Å². The first kappa shape index (κ1) is 17.5. The normalized spacial score (nSPS) is 52.1. The second-order valence-electron chi connectivity index (χ2n) is 10.1. The van der Waals surface area contributed by atoms with E-state index in [1.807, 2.05) is 0 Å². The van der Waals surface area contributed by atoms with Crippen molar-refractivity contribution in [1.82, 2.24) is 0 Å². The van der Waals surface area contributed by atoms with Crippen LogP contribution in [0.25, 0.3) is 0 Å². The molecule has 0 aromatic heterocycles. The maximum absolute atomic E-state index is 12.2. The van der Waals surface area contributed by atoms with Gasteiger partial charge in [-0.25, -0.2) is 0 Å². The molecule has 4 aliphatic rings. The standard InChI is InChI=1S/C22H34O3/c1-13-11-16(24)12-15-5-6-17-18-7-8-20(25-14(2)23)21(18,3)10-9-19(17)22(13,15)4/h13,15,17-20H,5-12H2,1-4H3/t13-,15-,17-,18-,19-,20-,21-,22-/m0/s1. The monoisotopic (exact) mass is 346 g/mol. The zero-order valence-electron chi connectivity index (χ0n) is 16.3. The Labute approximate surface area is 152 Å². The third kappa shape index (κ3) is 2.44. The molecule has 4 fully saturated rings. The number of fused-ring (bicyclic) bond motifs is 5. The number of hydrogen-bond donors (Lipinski definition) is 0. The number of hydrogen-bond acceptors (Lipinski definition) is 3. The molecule has 0 aliphatic heterocycles. The lowest BCUT2D eigenvalue weighted by Crippen LogP contribution is -2.56. The third-order valence-corrected chi connectivity index (χ3v) is 9.26. The SMILES string of the molecule is CC(=O)O[C@H]1CC[C@H]2[C@@H]3CC[C@H]4CC(=O)C[C@H](C)[C@]4(C)[C@H]3CC[C@]12C. The first-order chi connectivity index (χ1) is 11.8. The van der Waals surface area contributed by atoms with Gasteiger partial charge in [-0.3, -0.25) is 9.59 Å². The van der Waals surface area contributed by atoms with Crippen LogP contribution in [0, 0.1) is 40.4 Å². The average molecular weight is 347 g/mol. The summed E-state index contributed by atoms with van der Waals surface area (Å²) in [5.41, 5.74) is 0.501. The van der Waals surface area contributed by atoms with E-state index in [9.17, 15) is 9.59 Å². The Balaban J connectivity index is 1.61. The molecule has 0 saturated heterocycles. The fourth-order valence-corrected chi connectivity index (χ4v) is 7.82. The fraction of sp³-hybridized carbons (Fsp3) is 0.909. The molecule has 0 amide bonds. The van der Waals surface area contributed by atoms with Crippen molar-refractivity contribution in [3.05, 3.63) is 0 Å². The minimum absolute atomic E-state index is 0.117. The lowest BCUT2D eigenvalue weighted by molar-refractivity contribution is -0.167. The van der Waals surface area contributed by atoms with Crippen LogP contribution in [0.3, 0.4) is 0 Å². The highest BCUT2D eigenvalue weighted by Crippen LogP contribution is 2.67. The van der Waals surface area contributed by atoms with Crippen LogP contribution in [0.4, 0.5) is 0 Å². The molecule has 0 aromatic rings. The van der Waals surface area contributed by atoms with Gasteiger partial charge in [-0.1, -0.05) is 20.8 Å². The molecule has 4 rings (SSSR count). The van der Waals surface area contributed by atoms with Gasteiger partial charge in [0.05, 0.1) is 0 Å². The zero-order chi connectivity index (χ0) is 18.0. The molecule has 4 saturated carbocycles. The van der Waals surface area contributed by atoms with Gasteiger partial charge in [-0.2, -0.15) is 0 Å². The van der Waals surface area contributed by atoms with E-state index in [0.29, 0.717) is 29.0 Å². The number of carbonyl (C=O) groups excluding carboxylic acids is 2. The van der Waals surface area contributed by atoms with E-state index in [1.54, 1.807) is 6.92 Å². The van der Waals surface area contributed by atoms with Gasteiger partial charge < -0.3 is 4.74 Å². The molecular formula is C22H34O3. The molecule has 3 heteroatoms. The van der Waals surface area contributed by atoms with E-state index in [4.69, 9.17) is 4.74 Å². The molecule has 0 heterocycles. The maximum atomic E-state index is 12.2. The highest BCUT2D eigenvalue weighted by molar-refractivity contribution is 5.80. The Bertz CT molecular complexity index is 584. The third-order valence-electron chi connectivity index (χ3n) is 9.26. The maximum Gasteiger partial charge on any atom is 0.302 e. The van der Waals surface area contributed by atoms with Crippen LogP contribution in [0.2, 0.25) is 0 Å². The van der Waals surface area contributed by atoms with E-state index in [0.717, 1.165) is 31.1 Å². The van der Waals surface area contributed by atoms with Crippen LogP contribution in [0.5, 0.6) is 0 Å². The van der Waals surface area contributed by atoms with Gasteiger partial charge in [0.1, 0.15) is 11.9 Å². The lowest BCUT2D eigenvalue weighted by atomic mass is 9.43. The Morgan fingerprint density at radius 2 is 1.80 bits per heavy atom. The van der Waals surface area contributed by atoms with Gasteiger partial charge >= 0.3 is 5.97 Å². The fourth-order valence-electron chi connectivity index (χ4n) is 7.82. The number of ketones is 1. The molecule has 140 valence electrons. The van der Waals surface area contributed by atoms with Crippen molar-refractivity contribution in [2.45, 2.75) is 85.2 Å². The largest absolute Gasteiger partial charge is 0.462 e. The molecule has 8 atom stereocenters. The zero-order valence-corrected chi connectivity index (χ0v) is 16.3. The first-order valence-corrected chi connectivity index (χ1v) is 10.5. The second-order valence-corrected chi connectivity index (χ2v) is 10.1. The molecule has 0 radical (unpaired) electrons. The quantitative estimate of drug-likeness (QED) is 0.642. The Hall–Kier alpha value is -0.860. The summed E-state index contributed by atoms with van der Waals surface area (Å²) in [6, 6.07) is 0. The summed E-state index contributed by atoms with van der Waals surface area (Å²) in [6.07, 6.45) is 8.90. The van der Waals surface area contributed by atoms with Crippen LogP contribution in [-0.4, -0.2) is 17.9 Å². The van der Waals surface area contributed by atoms with Crippen molar-refractivity contribution in [2.24, 2.45) is 40.4 Å². The molecular weight excluding hydrogens is 312 g/mol. The van der Waals surface area contributed by atoms with Crippen molar-refractivity contribution >= 4 is 11.8 Å². The van der Waals surface area contributed by atoms with E-state index in [1.165, 1.54) is 32.1 Å². The number of carbonyl (C=O) groups is 2. The van der Waals surface area contributed by atoms with Crippen molar-refractivity contribution in [1.29, 1.82) is 0 Å². The Morgan fingerprint density at radius 1 is 1.04 bits per heavy atom. The van der Waals surface area contributed by atoms with Gasteiger partial charge in [0.15, 0.2) is 0 Å². The smallest absolute Gasteiger partial charge is 0.302 e. The van der Waals surface area contributed by atoms with Crippen LogP contribution >= 0.6 is 0 Å². The number of esters is 1. The number of rotatable bonds is 1. The Kier molecular flexibility index (Phi) is 4.09. The van der Waals surface area contributed by atoms with Crippen molar-refractivity contribution in [3.63, 3.8) is 0 Å². The number of ether oxygens (including phenoxy) is 1. The molecule has 25 heavy (non-hydrogen) atoms. The predicted molar refractivity (Wildman–Crippen MR) is 96.8 cm³/mol. The summed E-state index contributed by atoms with van der Waals surface area (Å²) in [4.78, 5) is 23.7. The molecule has 0 bridgehead atoms. The number of Topliss-reactive ketones (excluding diaryl/α,β-unsaturated/α-hetero) is 1. The van der Waals surface area contributed by atoms with Gasteiger partial charge in [0.2, 0.25) is 0 Å². The van der Waals surface area contributed by atoms with Crippen LogP contribution in [0.15, 0.2) is 0 Å². The molecule has 4 aliphatic carbocycles. The van der Waals surface area contributed by atoms with Crippen LogP contribution < -0.4 is 0 Å². The summed E-state index contributed by atoms with van der Waals surface area (Å²) in [5, 5.41) is 0. The van der Waals surface area contributed by atoms with E-state index in [2.05, 4.69) is 20.8 Å². The molecule has 0 spiro atoms. The average Bonchev–Trinajstić information content (AvgIpc) is 2.85. The summed E-state index contributed by atoms with van der Waals surface area (Å²) in [5.74, 6) is 3.69. The highest BCUT2D eigenvalue weighted by atomic mass is 16.5. The lowest BCUT2D eigenvalue weighted by Gasteiger charge is -2.62. The van der Waals surface area contributed by atoms with Crippen LogP contribution in [0.1, 0.15) is 79.1 Å². The summed E-state index contributed by atoms with van der Waals surface area (Å²) < 4.78 is 5.75. The molecule has 0 aromatic carbocycles. The summed E-state index contributed by atoms with van der Waals surface area (Å²) >= 11 is 0. The molecule has 0 N–H and O–H groups in total. The van der Waals surface area contributed by atoms with Gasteiger partial charge in [0.25, 0.3) is 0 Å². The van der Waals surface area contributed by atoms with Gasteiger partial charge in [-0.15, -0.1) is 0 Å². The topological polar surface area (TPSA) is 43.4 Å². The minimum atomic E-state index is -0.121. The summed E-state index contributed by atoms with van der Waals surface area (Å²) in [6.45, 7) is 8.77. The second kappa shape index (κ2) is 5.82. The van der Waals surface area contributed by atoms with Crippen LogP contribution in [-0.2, 0) is 14.3 Å². The molecule has 0 unspecified atom stereocenters. The van der Waals surface area contributed by atoms with Crippen molar-refractivity contribution in [2.75, 3.05) is 0 Å². The van der Waals surface area contributed by atoms with Gasteiger partial charge in [-0.05, 0) is 73.5 Å².